The molecule has 0 spiro atoms. The van der Waals surface area contributed by atoms with Gasteiger partial charge in [0.2, 0.25) is 0 Å². The fourth-order valence-corrected chi connectivity index (χ4v) is 2.33. The van der Waals surface area contributed by atoms with Crippen molar-refractivity contribution in [2.45, 2.75) is 39.5 Å². The van der Waals surface area contributed by atoms with Crippen LogP contribution in [0.3, 0.4) is 0 Å². The molecule has 0 saturated carbocycles. The number of anilines is 3. The minimum absolute atomic E-state index is 0.339. The molecule has 1 heterocycles. The van der Waals surface area contributed by atoms with Crippen molar-refractivity contribution < 1.29 is 0 Å². The van der Waals surface area contributed by atoms with E-state index in [1.165, 1.54) is 5.56 Å². The van der Waals surface area contributed by atoms with Crippen molar-refractivity contribution in [1.29, 1.82) is 0 Å². The molecule has 2 N–H and O–H groups in total. The molecule has 4 heteroatoms. The maximum atomic E-state index is 4.40. The van der Waals surface area contributed by atoms with E-state index in [-0.39, 0.29) is 0 Å². The third kappa shape index (κ3) is 3.51. The summed E-state index contributed by atoms with van der Waals surface area (Å²) in [5, 5.41) is 6.54. The first-order valence-corrected chi connectivity index (χ1v) is 7.42. The minimum Gasteiger partial charge on any atom is -0.373 e. The lowest BCUT2D eigenvalue weighted by atomic mass is 10.0. The van der Waals surface area contributed by atoms with E-state index in [0.29, 0.717) is 11.8 Å². The normalized spacial score (nSPS) is 11.0. The van der Waals surface area contributed by atoms with Crippen LogP contribution in [0.25, 0.3) is 0 Å². The largest absolute Gasteiger partial charge is 0.373 e. The van der Waals surface area contributed by atoms with Gasteiger partial charge in [0.1, 0.15) is 18.0 Å². The van der Waals surface area contributed by atoms with Gasteiger partial charge in [0.15, 0.2) is 0 Å². The Hall–Kier alpha value is -2.10. The van der Waals surface area contributed by atoms with Crippen LogP contribution in [0.4, 0.5) is 17.3 Å². The van der Waals surface area contributed by atoms with E-state index in [9.17, 15) is 0 Å². The van der Waals surface area contributed by atoms with Gasteiger partial charge in [-0.3, -0.25) is 0 Å². The molecule has 21 heavy (non-hydrogen) atoms. The highest BCUT2D eigenvalue weighted by Crippen LogP contribution is 2.30. The monoisotopic (exact) mass is 284 g/mol. The highest BCUT2D eigenvalue weighted by molar-refractivity contribution is 5.65. The number of benzene rings is 1. The molecule has 112 valence electrons. The van der Waals surface area contributed by atoms with Crippen LogP contribution in [0.2, 0.25) is 0 Å². The Bertz CT molecular complexity index is 588. The molecule has 0 radical (unpaired) electrons. The van der Waals surface area contributed by atoms with Crippen molar-refractivity contribution in [3.8, 4) is 0 Å². The number of aromatic nitrogens is 2. The Balaban J connectivity index is 2.30. The van der Waals surface area contributed by atoms with Gasteiger partial charge in [-0.15, -0.1) is 0 Å². The molecule has 2 aromatic rings. The quantitative estimate of drug-likeness (QED) is 0.848. The molecule has 4 nitrogen and oxygen atoms in total. The summed E-state index contributed by atoms with van der Waals surface area (Å²) in [6, 6.07) is 8.51. The number of nitrogens with one attached hydrogen (secondary N) is 2. The minimum atomic E-state index is 0.339. The molecular weight excluding hydrogens is 260 g/mol. The van der Waals surface area contributed by atoms with Crippen LogP contribution in [0.1, 0.15) is 50.7 Å². The second-order valence-corrected chi connectivity index (χ2v) is 5.79. The van der Waals surface area contributed by atoms with Crippen LogP contribution in [-0.4, -0.2) is 17.0 Å². The zero-order chi connectivity index (χ0) is 15.4. The van der Waals surface area contributed by atoms with Crippen LogP contribution in [0.15, 0.2) is 30.6 Å². The van der Waals surface area contributed by atoms with Crippen LogP contribution in [0, 0.1) is 0 Å². The average Bonchev–Trinajstić information content (AvgIpc) is 2.47. The van der Waals surface area contributed by atoms with E-state index in [4.69, 9.17) is 0 Å². The van der Waals surface area contributed by atoms with Crippen LogP contribution in [-0.2, 0) is 0 Å². The van der Waals surface area contributed by atoms with Gasteiger partial charge < -0.3 is 10.6 Å². The lowest BCUT2D eigenvalue weighted by Crippen LogP contribution is -2.07. The van der Waals surface area contributed by atoms with E-state index >= 15 is 0 Å². The van der Waals surface area contributed by atoms with Crippen molar-refractivity contribution in [3.63, 3.8) is 0 Å². The SMILES string of the molecule is CNc1ncnc(Nc2ccc(C(C)C)cc2)c1C(C)C. The smallest absolute Gasteiger partial charge is 0.139 e. The highest BCUT2D eigenvalue weighted by atomic mass is 15.1. The predicted octanol–water partition coefficient (Wildman–Crippen LogP) is 4.51. The van der Waals surface area contributed by atoms with Gasteiger partial charge in [0.25, 0.3) is 0 Å². The maximum Gasteiger partial charge on any atom is 0.139 e. The molecule has 0 aliphatic heterocycles. The summed E-state index contributed by atoms with van der Waals surface area (Å²) in [4.78, 5) is 8.69. The van der Waals surface area contributed by atoms with Gasteiger partial charge in [-0.2, -0.15) is 0 Å². The number of nitrogens with zero attached hydrogens (tertiary/aromatic N) is 2. The second kappa shape index (κ2) is 6.57. The van der Waals surface area contributed by atoms with E-state index < -0.39 is 0 Å². The van der Waals surface area contributed by atoms with Crippen molar-refractivity contribution >= 4 is 17.3 Å². The van der Waals surface area contributed by atoms with Crippen LogP contribution < -0.4 is 10.6 Å². The first-order valence-electron chi connectivity index (χ1n) is 7.42. The molecule has 1 aromatic carbocycles. The van der Waals surface area contributed by atoms with Crippen molar-refractivity contribution in [2.24, 2.45) is 0 Å². The van der Waals surface area contributed by atoms with E-state index in [2.05, 4.69) is 72.6 Å². The van der Waals surface area contributed by atoms with Gasteiger partial charge in [0.05, 0.1) is 0 Å². The summed E-state index contributed by atoms with van der Waals surface area (Å²) in [7, 11) is 1.88. The van der Waals surface area contributed by atoms with Gasteiger partial charge in [-0.25, -0.2) is 9.97 Å². The number of rotatable bonds is 5. The van der Waals surface area contributed by atoms with Gasteiger partial charge in [-0.1, -0.05) is 39.8 Å². The zero-order valence-corrected chi connectivity index (χ0v) is 13.4. The molecule has 0 aliphatic rings. The van der Waals surface area contributed by atoms with Gasteiger partial charge >= 0.3 is 0 Å². The van der Waals surface area contributed by atoms with Crippen LogP contribution >= 0.6 is 0 Å². The summed E-state index contributed by atoms with van der Waals surface area (Å²) in [6.45, 7) is 8.69. The lowest BCUT2D eigenvalue weighted by molar-refractivity contribution is 0.852. The third-order valence-corrected chi connectivity index (χ3v) is 3.54. The highest BCUT2D eigenvalue weighted by Gasteiger charge is 2.14. The standard InChI is InChI=1S/C17H24N4/c1-11(2)13-6-8-14(9-7-13)21-17-15(12(3)4)16(18-5)19-10-20-17/h6-12H,1-5H3,(H2,18,19,20,21). The Morgan fingerprint density at radius 1 is 0.857 bits per heavy atom. The molecular formula is C17H24N4. The van der Waals surface area contributed by atoms with Crippen molar-refractivity contribution in [3.05, 3.63) is 41.7 Å². The molecule has 1 aromatic heterocycles. The number of hydrogen-bond donors (Lipinski definition) is 2. The molecule has 0 saturated heterocycles. The summed E-state index contributed by atoms with van der Waals surface area (Å²) in [5.74, 6) is 2.62. The fraction of sp³-hybridized carbons (Fsp3) is 0.412. The van der Waals surface area contributed by atoms with E-state index in [0.717, 1.165) is 22.9 Å². The van der Waals surface area contributed by atoms with Crippen molar-refractivity contribution in [2.75, 3.05) is 17.7 Å². The fourth-order valence-electron chi connectivity index (χ4n) is 2.33. The third-order valence-electron chi connectivity index (χ3n) is 3.54. The van der Waals surface area contributed by atoms with Crippen LogP contribution in [0.5, 0.6) is 0 Å². The summed E-state index contributed by atoms with van der Waals surface area (Å²) >= 11 is 0. The summed E-state index contributed by atoms with van der Waals surface area (Å²) in [6.07, 6.45) is 1.59. The zero-order valence-electron chi connectivity index (χ0n) is 13.4. The van der Waals surface area contributed by atoms with Crippen molar-refractivity contribution in [1.82, 2.24) is 9.97 Å². The predicted molar refractivity (Wildman–Crippen MR) is 89.5 cm³/mol. The first kappa shape index (κ1) is 15.3. The first-order chi connectivity index (χ1) is 10.0. The van der Waals surface area contributed by atoms with Gasteiger partial charge in [-0.05, 0) is 29.5 Å². The van der Waals surface area contributed by atoms with Gasteiger partial charge in [0, 0.05) is 18.3 Å². The Morgan fingerprint density at radius 2 is 1.48 bits per heavy atom. The molecule has 2 rings (SSSR count). The Morgan fingerprint density at radius 3 is 2.00 bits per heavy atom. The summed E-state index contributed by atoms with van der Waals surface area (Å²) < 4.78 is 0. The number of hydrogen-bond acceptors (Lipinski definition) is 4. The summed E-state index contributed by atoms with van der Waals surface area (Å²) in [5.41, 5.74) is 3.48. The molecule has 0 amide bonds. The lowest BCUT2D eigenvalue weighted by Gasteiger charge is -2.17. The second-order valence-electron chi connectivity index (χ2n) is 5.79. The molecule has 0 bridgehead atoms. The molecule has 0 aliphatic carbocycles. The molecule has 0 atom stereocenters. The topological polar surface area (TPSA) is 49.8 Å². The molecule has 0 unspecified atom stereocenters. The molecule has 0 fully saturated rings. The maximum absolute atomic E-state index is 4.40. The van der Waals surface area contributed by atoms with E-state index in [1.54, 1.807) is 6.33 Å². The Labute approximate surface area is 127 Å². The Kier molecular flexibility index (Phi) is 4.78. The van der Waals surface area contributed by atoms with E-state index in [1.807, 2.05) is 7.05 Å². The average molecular weight is 284 g/mol.